The third-order valence-electron chi connectivity index (χ3n) is 4.54. The van der Waals surface area contributed by atoms with Gasteiger partial charge in [0.05, 0.1) is 5.39 Å². The number of rotatable bonds is 2. The van der Waals surface area contributed by atoms with Crippen molar-refractivity contribution in [2.45, 2.75) is 26.4 Å². The van der Waals surface area contributed by atoms with Crippen molar-refractivity contribution in [3.8, 4) is 0 Å². The highest BCUT2D eigenvalue weighted by Gasteiger charge is 2.21. The normalized spacial score (nSPS) is 14.0. The second-order valence-electron chi connectivity index (χ2n) is 6.23. The zero-order valence-electron chi connectivity index (χ0n) is 13.5. The number of aryl methyl sites for hydroxylation is 1. The van der Waals surface area contributed by atoms with Crippen LogP contribution in [-0.2, 0) is 24.3 Å². The number of aromatic amines is 1. The predicted octanol–water partition coefficient (Wildman–Crippen LogP) is 1.62. The van der Waals surface area contributed by atoms with Crippen molar-refractivity contribution in [3.05, 3.63) is 63.8 Å². The molecule has 0 bridgehead atoms. The van der Waals surface area contributed by atoms with E-state index in [1.807, 2.05) is 19.1 Å². The van der Waals surface area contributed by atoms with Crippen molar-refractivity contribution in [2.24, 2.45) is 0 Å². The quantitative estimate of drug-likeness (QED) is 0.779. The fraction of sp³-hybridized carbons (Fsp3) is 0.278. The van der Waals surface area contributed by atoms with Crippen LogP contribution in [0.2, 0.25) is 0 Å². The van der Waals surface area contributed by atoms with Crippen molar-refractivity contribution in [1.29, 1.82) is 0 Å². The molecule has 6 heteroatoms. The molecule has 3 heterocycles. The highest BCUT2D eigenvalue weighted by atomic mass is 16.2. The van der Waals surface area contributed by atoms with Crippen LogP contribution in [-0.4, -0.2) is 31.9 Å². The lowest BCUT2D eigenvalue weighted by atomic mass is 10.00. The summed E-state index contributed by atoms with van der Waals surface area (Å²) < 4.78 is 1.39. The number of benzene rings is 1. The monoisotopic (exact) mass is 322 g/mol. The third-order valence-corrected chi connectivity index (χ3v) is 4.54. The first-order valence-corrected chi connectivity index (χ1v) is 8.01. The SMILES string of the molecule is Cc1cc2c(=O)n(CC(=O)N3CCc4ccccc4C3)cnc2[nH]1. The highest BCUT2D eigenvalue weighted by molar-refractivity contribution is 5.78. The Kier molecular flexibility index (Phi) is 3.45. The molecule has 0 aliphatic carbocycles. The second kappa shape index (κ2) is 5.63. The minimum Gasteiger partial charge on any atom is -0.343 e. The van der Waals surface area contributed by atoms with Crippen LogP contribution in [0.15, 0.2) is 41.5 Å². The maximum atomic E-state index is 12.6. The van der Waals surface area contributed by atoms with E-state index < -0.39 is 0 Å². The summed E-state index contributed by atoms with van der Waals surface area (Å²) in [5.41, 5.74) is 3.73. The molecule has 0 saturated carbocycles. The van der Waals surface area contributed by atoms with Gasteiger partial charge in [0, 0.05) is 18.8 Å². The summed E-state index contributed by atoms with van der Waals surface area (Å²) in [6.07, 6.45) is 2.29. The summed E-state index contributed by atoms with van der Waals surface area (Å²) in [4.78, 5) is 34.2. The standard InChI is InChI=1S/C18H18N4O2/c1-12-8-15-17(20-12)19-11-22(18(15)24)10-16(23)21-7-6-13-4-2-3-5-14(13)9-21/h2-5,8,11,20H,6-7,9-10H2,1H3. The van der Waals surface area contributed by atoms with Crippen LogP contribution in [0.25, 0.3) is 11.0 Å². The van der Waals surface area contributed by atoms with Gasteiger partial charge in [-0.1, -0.05) is 24.3 Å². The van der Waals surface area contributed by atoms with E-state index in [0.717, 1.165) is 12.1 Å². The molecule has 4 rings (SSSR count). The summed E-state index contributed by atoms with van der Waals surface area (Å²) >= 11 is 0. The number of aromatic nitrogens is 3. The van der Waals surface area contributed by atoms with Crippen LogP contribution >= 0.6 is 0 Å². The second-order valence-corrected chi connectivity index (χ2v) is 6.23. The fourth-order valence-electron chi connectivity index (χ4n) is 3.24. The molecule has 1 aliphatic heterocycles. The largest absolute Gasteiger partial charge is 0.343 e. The Morgan fingerprint density at radius 2 is 2.08 bits per heavy atom. The van der Waals surface area contributed by atoms with E-state index >= 15 is 0 Å². The van der Waals surface area contributed by atoms with Gasteiger partial charge < -0.3 is 9.88 Å². The number of hydrogen-bond acceptors (Lipinski definition) is 3. The van der Waals surface area contributed by atoms with E-state index in [1.54, 1.807) is 11.0 Å². The summed E-state index contributed by atoms with van der Waals surface area (Å²) in [6.45, 7) is 3.18. The molecular formula is C18H18N4O2. The minimum atomic E-state index is -0.185. The van der Waals surface area contributed by atoms with Gasteiger partial charge in [-0.3, -0.25) is 14.2 Å². The van der Waals surface area contributed by atoms with Gasteiger partial charge in [0.25, 0.3) is 5.56 Å². The molecule has 0 atom stereocenters. The van der Waals surface area contributed by atoms with Crippen molar-refractivity contribution in [1.82, 2.24) is 19.4 Å². The van der Waals surface area contributed by atoms with Gasteiger partial charge in [0.1, 0.15) is 18.5 Å². The molecule has 0 radical (unpaired) electrons. The van der Waals surface area contributed by atoms with E-state index in [9.17, 15) is 9.59 Å². The Morgan fingerprint density at radius 3 is 2.92 bits per heavy atom. The van der Waals surface area contributed by atoms with Crippen LogP contribution in [0.3, 0.4) is 0 Å². The lowest BCUT2D eigenvalue weighted by Gasteiger charge is -2.29. The van der Waals surface area contributed by atoms with Crippen molar-refractivity contribution >= 4 is 16.9 Å². The molecule has 1 N–H and O–H groups in total. The average molecular weight is 322 g/mol. The lowest BCUT2D eigenvalue weighted by molar-refractivity contribution is -0.132. The maximum absolute atomic E-state index is 12.6. The molecule has 0 spiro atoms. The Balaban J connectivity index is 1.57. The highest BCUT2D eigenvalue weighted by Crippen LogP contribution is 2.18. The Bertz CT molecular complexity index is 986. The molecule has 2 aromatic heterocycles. The van der Waals surface area contributed by atoms with Crippen LogP contribution < -0.4 is 5.56 Å². The van der Waals surface area contributed by atoms with Gasteiger partial charge in [0.15, 0.2) is 0 Å². The zero-order valence-corrected chi connectivity index (χ0v) is 13.5. The summed E-state index contributed by atoms with van der Waals surface area (Å²) in [7, 11) is 0. The Labute approximate surface area is 138 Å². The first kappa shape index (κ1) is 14.7. The van der Waals surface area contributed by atoms with Crippen LogP contribution in [0.5, 0.6) is 0 Å². The number of H-pyrrole nitrogens is 1. The summed E-state index contributed by atoms with van der Waals surface area (Å²) in [6, 6.07) is 9.94. The molecule has 0 unspecified atom stereocenters. The van der Waals surface area contributed by atoms with Gasteiger partial charge >= 0.3 is 0 Å². The van der Waals surface area contributed by atoms with E-state index in [0.29, 0.717) is 24.1 Å². The number of hydrogen-bond donors (Lipinski definition) is 1. The summed E-state index contributed by atoms with van der Waals surface area (Å²) in [5, 5.41) is 0.520. The first-order valence-electron chi connectivity index (χ1n) is 8.01. The van der Waals surface area contributed by atoms with Gasteiger partial charge in [-0.25, -0.2) is 4.98 Å². The zero-order chi connectivity index (χ0) is 16.7. The molecular weight excluding hydrogens is 304 g/mol. The third kappa shape index (κ3) is 2.50. The lowest BCUT2D eigenvalue weighted by Crippen LogP contribution is -2.39. The van der Waals surface area contributed by atoms with E-state index in [-0.39, 0.29) is 18.0 Å². The topological polar surface area (TPSA) is 71.0 Å². The molecule has 122 valence electrons. The number of carbonyl (C=O) groups is 1. The molecule has 1 aliphatic rings. The fourth-order valence-corrected chi connectivity index (χ4v) is 3.24. The van der Waals surface area contributed by atoms with Crippen LogP contribution in [0.4, 0.5) is 0 Å². The van der Waals surface area contributed by atoms with Gasteiger partial charge in [0.2, 0.25) is 5.91 Å². The van der Waals surface area contributed by atoms with Crippen LogP contribution in [0.1, 0.15) is 16.8 Å². The van der Waals surface area contributed by atoms with Gasteiger partial charge in [-0.2, -0.15) is 0 Å². The molecule has 0 fully saturated rings. The number of amides is 1. The molecule has 0 saturated heterocycles. The van der Waals surface area contributed by atoms with Crippen molar-refractivity contribution in [3.63, 3.8) is 0 Å². The maximum Gasteiger partial charge on any atom is 0.263 e. The average Bonchev–Trinajstić information content (AvgIpc) is 2.98. The van der Waals surface area contributed by atoms with E-state index in [2.05, 4.69) is 22.1 Å². The summed E-state index contributed by atoms with van der Waals surface area (Å²) in [5.74, 6) is -0.0555. The van der Waals surface area contributed by atoms with Crippen molar-refractivity contribution < 1.29 is 4.79 Å². The number of nitrogens with one attached hydrogen (secondary N) is 1. The minimum absolute atomic E-state index is 0.0220. The molecule has 1 amide bonds. The Morgan fingerprint density at radius 1 is 1.29 bits per heavy atom. The number of fused-ring (bicyclic) bond motifs is 2. The van der Waals surface area contributed by atoms with E-state index in [4.69, 9.17) is 0 Å². The molecule has 1 aromatic carbocycles. The molecule has 24 heavy (non-hydrogen) atoms. The van der Waals surface area contributed by atoms with Crippen molar-refractivity contribution in [2.75, 3.05) is 6.54 Å². The van der Waals surface area contributed by atoms with Gasteiger partial charge in [-0.15, -0.1) is 0 Å². The first-order chi connectivity index (χ1) is 11.6. The Hall–Kier alpha value is -2.89. The smallest absolute Gasteiger partial charge is 0.263 e. The van der Waals surface area contributed by atoms with Crippen LogP contribution in [0, 0.1) is 6.92 Å². The van der Waals surface area contributed by atoms with E-state index in [1.165, 1.54) is 22.0 Å². The molecule has 6 nitrogen and oxygen atoms in total. The number of nitrogens with zero attached hydrogens (tertiary/aromatic N) is 3. The number of carbonyl (C=O) groups excluding carboxylic acids is 1. The van der Waals surface area contributed by atoms with Gasteiger partial charge in [-0.05, 0) is 30.5 Å². The molecule has 3 aromatic rings. The predicted molar refractivity (Wildman–Crippen MR) is 90.7 cm³/mol.